The van der Waals surface area contributed by atoms with Crippen molar-refractivity contribution in [3.05, 3.63) is 35.1 Å². The van der Waals surface area contributed by atoms with Crippen LogP contribution < -0.4 is 5.32 Å². The summed E-state index contributed by atoms with van der Waals surface area (Å²) in [7, 11) is 2.22. The van der Waals surface area contributed by atoms with Gasteiger partial charge in [-0.3, -0.25) is 4.90 Å². The molecule has 0 spiro atoms. The van der Waals surface area contributed by atoms with E-state index < -0.39 is 0 Å². The molecule has 1 aliphatic carbocycles. The lowest BCUT2D eigenvalue weighted by Crippen LogP contribution is -2.45. The zero-order valence-corrected chi connectivity index (χ0v) is 11.0. The Labute approximate surface area is 108 Å². The van der Waals surface area contributed by atoms with Crippen molar-refractivity contribution in [3.8, 4) is 0 Å². The minimum atomic E-state index is -0.101. The van der Waals surface area contributed by atoms with Gasteiger partial charge < -0.3 is 5.32 Å². The van der Waals surface area contributed by atoms with E-state index in [4.69, 9.17) is 0 Å². The van der Waals surface area contributed by atoms with Crippen LogP contribution in [0.5, 0.6) is 0 Å². The zero-order chi connectivity index (χ0) is 12.5. The second kappa shape index (κ2) is 4.98. The monoisotopic (exact) mass is 248 g/mol. The highest BCUT2D eigenvalue weighted by molar-refractivity contribution is 5.35. The Morgan fingerprint density at radius 3 is 3.00 bits per heavy atom. The molecule has 1 N–H and O–H groups in total. The largest absolute Gasteiger partial charge is 0.315 e. The van der Waals surface area contributed by atoms with Crippen LogP contribution in [0.3, 0.4) is 0 Å². The Hall–Kier alpha value is -0.930. The van der Waals surface area contributed by atoms with Crippen molar-refractivity contribution >= 4 is 0 Å². The van der Waals surface area contributed by atoms with Gasteiger partial charge in [-0.25, -0.2) is 4.39 Å². The molecule has 1 aliphatic heterocycles. The van der Waals surface area contributed by atoms with Crippen molar-refractivity contribution in [3.63, 3.8) is 0 Å². The Kier molecular flexibility index (Phi) is 3.35. The molecule has 2 nitrogen and oxygen atoms in total. The molecular formula is C15H21FN2. The maximum atomic E-state index is 13.2. The third-order valence-electron chi connectivity index (χ3n) is 4.49. The van der Waals surface area contributed by atoms with Gasteiger partial charge in [0.1, 0.15) is 5.82 Å². The quantitative estimate of drug-likeness (QED) is 0.865. The van der Waals surface area contributed by atoms with Crippen LogP contribution in [0, 0.1) is 5.82 Å². The number of halogens is 1. The van der Waals surface area contributed by atoms with Crippen molar-refractivity contribution < 1.29 is 4.39 Å². The summed E-state index contributed by atoms with van der Waals surface area (Å²) in [6.07, 6.45) is 4.68. The molecule has 18 heavy (non-hydrogen) atoms. The summed E-state index contributed by atoms with van der Waals surface area (Å²) >= 11 is 0. The van der Waals surface area contributed by atoms with Crippen molar-refractivity contribution in [2.45, 2.75) is 37.8 Å². The van der Waals surface area contributed by atoms with Gasteiger partial charge in [0, 0.05) is 18.6 Å². The van der Waals surface area contributed by atoms with E-state index >= 15 is 0 Å². The number of benzene rings is 1. The molecule has 2 atom stereocenters. The van der Waals surface area contributed by atoms with Crippen LogP contribution >= 0.6 is 0 Å². The number of fused-ring (bicyclic) bond motifs is 1. The Morgan fingerprint density at radius 2 is 2.22 bits per heavy atom. The van der Waals surface area contributed by atoms with Gasteiger partial charge in [0.15, 0.2) is 0 Å². The molecule has 0 bridgehead atoms. The summed E-state index contributed by atoms with van der Waals surface area (Å²) in [5, 5.41) is 3.47. The second-order valence-electron chi connectivity index (χ2n) is 5.56. The van der Waals surface area contributed by atoms with E-state index in [1.54, 1.807) is 12.1 Å². The Morgan fingerprint density at radius 1 is 1.33 bits per heavy atom. The smallest absolute Gasteiger partial charge is 0.123 e. The van der Waals surface area contributed by atoms with Gasteiger partial charge >= 0.3 is 0 Å². The number of hydrogen-bond acceptors (Lipinski definition) is 2. The van der Waals surface area contributed by atoms with Gasteiger partial charge in [0.2, 0.25) is 0 Å². The first-order chi connectivity index (χ1) is 8.75. The second-order valence-corrected chi connectivity index (χ2v) is 5.56. The predicted molar refractivity (Wildman–Crippen MR) is 71.1 cm³/mol. The van der Waals surface area contributed by atoms with Crippen LogP contribution in [0.4, 0.5) is 4.39 Å². The van der Waals surface area contributed by atoms with E-state index in [1.165, 1.54) is 24.0 Å². The molecule has 1 aromatic rings. The normalized spacial score (nSPS) is 27.5. The summed E-state index contributed by atoms with van der Waals surface area (Å²) in [5.74, 6) is -0.101. The summed E-state index contributed by atoms with van der Waals surface area (Å²) < 4.78 is 13.2. The SMILES string of the molecule is CN(C1CCCNC1)C1CCc2cc(F)ccc21. The van der Waals surface area contributed by atoms with E-state index in [-0.39, 0.29) is 5.82 Å². The summed E-state index contributed by atoms with van der Waals surface area (Å²) in [6.45, 7) is 2.24. The first kappa shape index (κ1) is 12.1. The molecule has 98 valence electrons. The highest BCUT2D eigenvalue weighted by Gasteiger charge is 2.30. The van der Waals surface area contributed by atoms with Gasteiger partial charge in [-0.15, -0.1) is 0 Å². The average molecular weight is 248 g/mol. The average Bonchev–Trinajstić information content (AvgIpc) is 2.81. The predicted octanol–water partition coefficient (Wildman–Crippen LogP) is 2.50. The summed E-state index contributed by atoms with van der Waals surface area (Å²) in [6, 6.07) is 6.40. The highest BCUT2D eigenvalue weighted by Crippen LogP contribution is 2.36. The van der Waals surface area contributed by atoms with E-state index in [0.29, 0.717) is 12.1 Å². The lowest BCUT2D eigenvalue weighted by atomic mass is 10.0. The van der Waals surface area contributed by atoms with Gasteiger partial charge in [0.25, 0.3) is 0 Å². The molecule has 3 heteroatoms. The van der Waals surface area contributed by atoms with Crippen molar-refractivity contribution in [1.29, 1.82) is 0 Å². The maximum absolute atomic E-state index is 13.2. The molecule has 2 aliphatic rings. The number of nitrogens with one attached hydrogen (secondary N) is 1. The van der Waals surface area contributed by atoms with E-state index in [1.807, 2.05) is 6.07 Å². The fraction of sp³-hybridized carbons (Fsp3) is 0.600. The molecule has 0 radical (unpaired) electrons. The van der Waals surface area contributed by atoms with Crippen LogP contribution in [0.1, 0.15) is 36.4 Å². The standard InChI is InChI=1S/C15H21FN2/c1-18(13-3-2-8-17-10-13)15-7-4-11-9-12(16)5-6-14(11)15/h5-6,9,13,15,17H,2-4,7-8,10H2,1H3. The molecule has 0 saturated carbocycles. The number of aryl methyl sites for hydroxylation is 1. The fourth-order valence-corrected chi connectivity index (χ4v) is 3.42. The van der Waals surface area contributed by atoms with Crippen LogP contribution in [-0.4, -0.2) is 31.1 Å². The minimum Gasteiger partial charge on any atom is -0.315 e. The van der Waals surface area contributed by atoms with Gasteiger partial charge in [0.05, 0.1) is 0 Å². The molecule has 1 heterocycles. The Bertz CT molecular complexity index is 427. The summed E-state index contributed by atoms with van der Waals surface area (Å²) in [5.41, 5.74) is 2.54. The van der Waals surface area contributed by atoms with E-state index in [2.05, 4.69) is 17.3 Å². The molecule has 1 saturated heterocycles. The van der Waals surface area contributed by atoms with Crippen LogP contribution in [0.25, 0.3) is 0 Å². The lowest BCUT2D eigenvalue weighted by molar-refractivity contribution is 0.146. The van der Waals surface area contributed by atoms with Gasteiger partial charge in [-0.05, 0) is 62.5 Å². The van der Waals surface area contributed by atoms with Crippen LogP contribution in [0.2, 0.25) is 0 Å². The van der Waals surface area contributed by atoms with Crippen LogP contribution in [0.15, 0.2) is 18.2 Å². The number of piperidine rings is 1. The molecule has 1 fully saturated rings. The first-order valence-electron chi connectivity index (χ1n) is 6.96. The number of hydrogen-bond donors (Lipinski definition) is 1. The highest BCUT2D eigenvalue weighted by atomic mass is 19.1. The summed E-state index contributed by atoms with van der Waals surface area (Å²) in [4.78, 5) is 2.50. The number of likely N-dealkylation sites (N-methyl/N-ethyl adjacent to an activating group) is 1. The first-order valence-corrected chi connectivity index (χ1v) is 6.96. The Balaban J connectivity index is 1.78. The van der Waals surface area contributed by atoms with Gasteiger partial charge in [-0.2, -0.15) is 0 Å². The molecule has 3 rings (SSSR count). The third kappa shape index (κ3) is 2.17. The van der Waals surface area contributed by atoms with Crippen molar-refractivity contribution in [1.82, 2.24) is 10.2 Å². The van der Waals surface area contributed by atoms with Crippen molar-refractivity contribution in [2.75, 3.05) is 20.1 Å². The minimum absolute atomic E-state index is 0.101. The molecular weight excluding hydrogens is 227 g/mol. The van der Waals surface area contributed by atoms with E-state index in [0.717, 1.165) is 25.9 Å². The molecule has 0 aromatic heterocycles. The maximum Gasteiger partial charge on any atom is 0.123 e. The molecule has 2 unspecified atom stereocenters. The zero-order valence-electron chi connectivity index (χ0n) is 11.0. The van der Waals surface area contributed by atoms with Crippen LogP contribution in [-0.2, 0) is 6.42 Å². The van der Waals surface area contributed by atoms with Crippen molar-refractivity contribution in [2.24, 2.45) is 0 Å². The lowest BCUT2D eigenvalue weighted by Gasteiger charge is -2.36. The fourth-order valence-electron chi connectivity index (χ4n) is 3.42. The number of nitrogens with zero attached hydrogens (tertiary/aromatic N) is 1. The van der Waals surface area contributed by atoms with Gasteiger partial charge in [-0.1, -0.05) is 6.07 Å². The molecule has 1 aromatic carbocycles. The number of rotatable bonds is 2. The third-order valence-corrected chi connectivity index (χ3v) is 4.49. The molecule has 0 amide bonds. The topological polar surface area (TPSA) is 15.3 Å². The van der Waals surface area contributed by atoms with E-state index in [9.17, 15) is 4.39 Å².